The van der Waals surface area contributed by atoms with Crippen molar-refractivity contribution in [2.45, 2.75) is 26.8 Å². The van der Waals surface area contributed by atoms with Crippen LogP contribution in [0.1, 0.15) is 33.0 Å². The number of hydrogen-bond acceptors (Lipinski definition) is 4. The van der Waals surface area contributed by atoms with Crippen LogP contribution in [0.15, 0.2) is 69.7 Å². The van der Waals surface area contributed by atoms with Gasteiger partial charge in [0.1, 0.15) is 0 Å². The average molecular weight is 450 g/mol. The highest BCUT2D eigenvalue weighted by molar-refractivity contribution is 9.10. The summed E-state index contributed by atoms with van der Waals surface area (Å²) in [6.45, 7) is 4.62. The fraction of sp³-hybridized carbons (Fsp3) is 0.174. The molecule has 0 bridgehead atoms. The second-order valence-corrected chi connectivity index (χ2v) is 7.89. The quantitative estimate of drug-likeness (QED) is 0.370. The number of halogens is 1. The van der Waals surface area contributed by atoms with Crippen LogP contribution in [0.5, 0.6) is 0 Å². The monoisotopic (exact) mass is 449 g/mol. The Kier molecular flexibility index (Phi) is 5.45. The van der Waals surface area contributed by atoms with Crippen molar-refractivity contribution in [1.82, 2.24) is 14.9 Å². The third kappa shape index (κ3) is 4.22. The van der Waals surface area contributed by atoms with Crippen molar-refractivity contribution >= 4 is 21.7 Å². The minimum atomic E-state index is -0.0810. The molecule has 4 rings (SSSR count). The summed E-state index contributed by atoms with van der Waals surface area (Å²) in [6, 6.07) is 19.5. The van der Waals surface area contributed by atoms with Crippen molar-refractivity contribution in [3.8, 4) is 11.3 Å². The molecule has 0 unspecified atom stereocenters. The number of aromatic nitrogens is 3. The molecule has 0 saturated heterocycles. The van der Waals surface area contributed by atoms with Crippen molar-refractivity contribution in [3.05, 3.63) is 93.3 Å². The van der Waals surface area contributed by atoms with Crippen LogP contribution in [-0.4, -0.2) is 20.7 Å². The molecular weight excluding hydrogens is 430 g/mol. The standard InChI is InChI=1S/C23H20BrN3O2/c1-15-20(16(2)27(25-15)14-17-6-4-3-5-7-17)12-22(28)21-13-23(29-26-21)18-8-10-19(24)11-9-18/h3-11,13H,12,14H2,1-2H3. The van der Waals surface area contributed by atoms with Crippen LogP contribution in [0.4, 0.5) is 0 Å². The smallest absolute Gasteiger partial charge is 0.189 e. The minimum absolute atomic E-state index is 0.0810. The largest absolute Gasteiger partial charge is 0.356 e. The summed E-state index contributed by atoms with van der Waals surface area (Å²) in [6.07, 6.45) is 0.249. The molecule has 0 atom stereocenters. The molecule has 2 aromatic heterocycles. The Bertz CT molecular complexity index is 1140. The van der Waals surface area contributed by atoms with E-state index in [1.165, 1.54) is 5.56 Å². The maximum absolute atomic E-state index is 12.8. The molecule has 0 radical (unpaired) electrons. The van der Waals surface area contributed by atoms with E-state index in [4.69, 9.17) is 4.52 Å². The summed E-state index contributed by atoms with van der Waals surface area (Å²) in [5.41, 5.74) is 5.19. The maximum atomic E-state index is 12.8. The van der Waals surface area contributed by atoms with Crippen molar-refractivity contribution in [1.29, 1.82) is 0 Å². The van der Waals surface area contributed by atoms with Crippen LogP contribution in [0, 0.1) is 13.8 Å². The molecule has 0 fully saturated rings. The number of Topliss-reactive ketones (excluding diaryl/α,β-unsaturated/α-hetero) is 1. The number of ketones is 1. The normalized spacial score (nSPS) is 11.0. The lowest BCUT2D eigenvalue weighted by Crippen LogP contribution is -2.07. The van der Waals surface area contributed by atoms with Crippen molar-refractivity contribution < 1.29 is 9.32 Å². The first kappa shape index (κ1) is 19.3. The first-order valence-corrected chi connectivity index (χ1v) is 10.1. The second kappa shape index (κ2) is 8.17. The molecule has 2 aromatic carbocycles. The molecule has 0 N–H and O–H groups in total. The third-order valence-electron chi connectivity index (χ3n) is 4.97. The van der Waals surface area contributed by atoms with E-state index < -0.39 is 0 Å². The first-order chi connectivity index (χ1) is 14.0. The number of aryl methyl sites for hydroxylation is 1. The molecule has 146 valence electrons. The molecule has 4 aromatic rings. The van der Waals surface area contributed by atoms with E-state index in [1.54, 1.807) is 6.07 Å². The van der Waals surface area contributed by atoms with E-state index in [9.17, 15) is 4.79 Å². The number of benzene rings is 2. The lowest BCUT2D eigenvalue weighted by molar-refractivity contribution is 0.0984. The molecule has 0 amide bonds. The van der Waals surface area contributed by atoms with Gasteiger partial charge < -0.3 is 4.52 Å². The fourth-order valence-corrected chi connectivity index (χ4v) is 3.57. The van der Waals surface area contributed by atoms with E-state index in [0.717, 1.165) is 27.0 Å². The molecule has 0 aliphatic carbocycles. The summed E-state index contributed by atoms with van der Waals surface area (Å²) < 4.78 is 8.32. The number of carbonyl (C=O) groups is 1. The van der Waals surface area contributed by atoms with Gasteiger partial charge in [0.15, 0.2) is 17.2 Å². The highest BCUT2D eigenvalue weighted by Gasteiger charge is 2.19. The zero-order valence-electron chi connectivity index (χ0n) is 16.2. The van der Waals surface area contributed by atoms with Crippen LogP contribution in [0.25, 0.3) is 11.3 Å². The molecule has 5 nitrogen and oxygen atoms in total. The van der Waals surface area contributed by atoms with Crippen LogP contribution in [0.3, 0.4) is 0 Å². The van der Waals surface area contributed by atoms with E-state index >= 15 is 0 Å². The predicted molar refractivity (Wildman–Crippen MR) is 115 cm³/mol. The highest BCUT2D eigenvalue weighted by atomic mass is 79.9. The topological polar surface area (TPSA) is 60.9 Å². The van der Waals surface area contributed by atoms with Gasteiger partial charge in [0.2, 0.25) is 0 Å². The molecular formula is C23H20BrN3O2. The van der Waals surface area contributed by atoms with E-state index in [1.807, 2.05) is 61.0 Å². The Balaban J connectivity index is 1.52. The Labute approximate surface area is 177 Å². The lowest BCUT2D eigenvalue weighted by atomic mass is 10.0. The number of rotatable bonds is 6. The van der Waals surface area contributed by atoms with Crippen molar-refractivity contribution in [3.63, 3.8) is 0 Å². The predicted octanol–water partition coefficient (Wildman–Crippen LogP) is 5.39. The van der Waals surface area contributed by atoms with Gasteiger partial charge in [-0.2, -0.15) is 5.10 Å². The summed E-state index contributed by atoms with van der Waals surface area (Å²) >= 11 is 3.41. The Morgan fingerprint density at radius 2 is 1.79 bits per heavy atom. The van der Waals surface area contributed by atoms with Gasteiger partial charge in [-0.1, -0.05) is 63.6 Å². The molecule has 6 heteroatoms. The molecule has 29 heavy (non-hydrogen) atoms. The highest BCUT2D eigenvalue weighted by Crippen LogP contribution is 2.24. The SMILES string of the molecule is Cc1nn(Cc2ccccc2)c(C)c1CC(=O)c1cc(-c2ccc(Br)cc2)on1. The maximum Gasteiger partial charge on any atom is 0.189 e. The van der Waals surface area contributed by atoms with Crippen LogP contribution in [-0.2, 0) is 13.0 Å². The van der Waals surface area contributed by atoms with Gasteiger partial charge in [0.25, 0.3) is 0 Å². The molecule has 0 spiro atoms. The summed E-state index contributed by atoms with van der Waals surface area (Å²) in [7, 11) is 0. The van der Waals surface area contributed by atoms with Gasteiger partial charge in [0, 0.05) is 33.8 Å². The number of carbonyl (C=O) groups excluding carboxylic acids is 1. The van der Waals surface area contributed by atoms with Crippen molar-refractivity contribution in [2.75, 3.05) is 0 Å². The van der Waals surface area contributed by atoms with E-state index in [-0.39, 0.29) is 12.2 Å². The Morgan fingerprint density at radius 3 is 2.52 bits per heavy atom. The summed E-state index contributed by atoms with van der Waals surface area (Å²) in [5.74, 6) is 0.497. The zero-order chi connectivity index (χ0) is 20.4. The molecule has 2 heterocycles. The third-order valence-corrected chi connectivity index (χ3v) is 5.50. The summed E-state index contributed by atoms with van der Waals surface area (Å²) in [4.78, 5) is 12.8. The van der Waals surface area contributed by atoms with Crippen LogP contribution in [0.2, 0.25) is 0 Å². The van der Waals surface area contributed by atoms with Crippen LogP contribution < -0.4 is 0 Å². The van der Waals surface area contributed by atoms with Crippen LogP contribution >= 0.6 is 15.9 Å². The van der Waals surface area contributed by atoms with Gasteiger partial charge in [-0.05, 0) is 31.5 Å². The number of hydrogen-bond donors (Lipinski definition) is 0. The fourth-order valence-electron chi connectivity index (χ4n) is 3.31. The second-order valence-electron chi connectivity index (χ2n) is 6.98. The van der Waals surface area contributed by atoms with Gasteiger partial charge >= 0.3 is 0 Å². The minimum Gasteiger partial charge on any atom is -0.356 e. The van der Waals surface area contributed by atoms with E-state index in [2.05, 4.69) is 38.3 Å². The Morgan fingerprint density at radius 1 is 1.07 bits per heavy atom. The lowest BCUT2D eigenvalue weighted by Gasteiger charge is -2.05. The van der Waals surface area contributed by atoms with E-state index in [0.29, 0.717) is 18.0 Å². The molecule has 0 aliphatic heterocycles. The van der Waals surface area contributed by atoms with Gasteiger partial charge in [-0.25, -0.2) is 0 Å². The van der Waals surface area contributed by atoms with Gasteiger partial charge in [-0.15, -0.1) is 0 Å². The molecule has 0 aliphatic rings. The first-order valence-electron chi connectivity index (χ1n) is 9.34. The van der Waals surface area contributed by atoms with Crippen molar-refractivity contribution in [2.24, 2.45) is 0 Å². The Hall–Kier alpha value is -2.99. The average Bonchev–Trinajstić information content (AvgIpc) is 3.31. The molecule has 0 saturated carbocycles. The van der Waals surface area contributed by atoms with Gasteiger partial charge in [-0.3, -0.25) is 9.48 Å². The number of nitrogens with zero attached hydrogens (tertiary/aromatic N) is 3. The van der Waals surface area contributed by atoms with Gasteiger partial charge in [0.05, 0.1) is 12.2 Å². The zero-order valence-corrected chi connectivity index (χ0v) is 17.8. The summed E-state index contributed by atoms with van der Waals surface area (Å²) in [5, 5.41) is 8.61.